The van der Waals surface area contributed by atoms with Crippen LogP contribution in [0.4, 0.5) is 0 Å². The lowest BCUT2D eigenvalue weighted by Gasteiger charge is -2.14. The van der Waals surface area contributed by atoms with Crippen molar-refractivity contribution in [2.45, 2.75) is 18.9 Å². The Morgan fingerprint density at radius 3 is 2.62 bits per heavy atom. The number of rotatable bonds is 6. The largest absolute Gasteiger partial charge is 0.469 e. The zero-order chi connectivity index (χ0) is 11.8. The minimum atomic E-state index is -0.391. The summed E-state index contributed by atoms with van der Waals surface area (Å²) >= 11 is 0. The molecule has 1 aromatic rings. The van der Waals surface area contributed by atoms with E-state index in [4.69, 9.17) is 4.74 Å². The first-order chi connectivity index (χ1) is 7.77. The van der Waals surface area contributed by atoms with Gasteiger partial charge in [-0.25, -0.2) is 0 Å². The standard InChI is InChI=1S/C12H14O4/c1-15-12(14)8-7-11(16-9-13)10-5-3-2-4-6-10/h2-6,9,11H,7-8H2,1H3. The van der Waals surface area contributed by atoms with Gasteiger partial charge in [0, 0.05) is 6.42 Å². The van der Waals surface area contributed by atoms with Crippen LogP contribution >= 0.6 is 0 Å². The maximum absolute atomic E-state index is 11.0. The van der Waals surface area contributed by atoms with Gasteiger partial charge in [-0.15, -0.1) is 0 Å². The highest BCUT2D eigenvalue weighted by Crippen LogP contribution is 2.21. The Hall–Kier alpha value is -1.84. The van der Waals surface area contributed by atoms with Gasteiger partial charge in [0.15, 0.2) is 0 Å². The molecular formula is C12H14O4. The summed E-state index contributed by atoms with van der Waals surface area (Å²) in [5, 5.41) is 0. The normalized spacial score (nSPS) is 11.6. The van der Waals surface area contributed by atoms with Gasteiger partial charge in [0.25, 0.3) is 6.47 Å². The fraction of sp³-hybridized carbons (Fsp3) is 0.333. The third-order valence-electron chi connectivity index (χ3n) is 2.23. The van der Waals surface area contributed by atoms with Crippen molar-refractivity contribution < 1.29 is 19.1 Å². The molecule has 0 aromatic heterocycles. The first-order valence-corrected chi connectivity index (χ1v) is 4.98. The highest BCUT2D eigenvalue weighted by atomic mass is 16.5. The lowest BCUT2D eigenvalue weighted by atomic mass is 10.1. The van der Waals surface area contributed by atoms with Gasteiger partial charge in [0.1, 0.15) is 6.10 Å². The first-order valence-electron chi connectivity index (χ1n) is 4.98. The maximum Gasteiger partial charge on any atom is 0.305 e. The van der Waals surface area contributed by atoms with E-state index in [2.05, 4.69) is 4.74 Å². The predicted octanol–water partition coefficient (Wildman–Crippen LogP) is 1.85. The first kappa shape index (κ1) is 12.2. The van der Waals surface area contributed by atoms with Gasteiger partial charge in [0.05, 0.1) is 7.11 Å². The molecule has 0 bridgehead atoms. The highest BCUT2D eigenvalue weighted by molar-refractivity contribution is 5.69. The second-order valence-electron chi connectivity index (χ2n) is 3.25. The van der Waals surface area contributed by atoms with Crippen LogP contribution in [0.3, 0.4) is 0 Å². The van der Waals surface area contributed by atoms with E-state index in [-0.39, 0.29) is 12.4 Å². The monoisotopic (exact) mass is 222 g/mol. The molecule has 0 radical (unpaired) electrons. The quantitative estimate of drug-likeness (QED) is 0.544. The molecule has 16 heavy (non-hydrogen) atoms. The number of esters is 1. The summed E-state index contributed by atoms with van der Waals surface area (Å²) in [6.45, 7) is 0.398. The van der Waals surface area contributed by atoms with Gasteiger partial charge >= 0.3 is 5.97 Å². The van der Waals surface area contributed by atoms with Crippen molar-refractivity contribution in [2.75, 3.05) is 7.11 Å². The molecule has 0 aliphatic carbocycles. The fourth-order valence-corrected chi connectivity index (χ4v) is 1.40. The van der Waals surface area contributed by atoms with E-state index in [0.717, 1.165) is 5.56 Å². The van der Waals surface area contributed by atoms with Crippen LogP contribution in [-0.2, 0) is 19.1 Å². The molecule has 1 atom stereocenters. The Morgan fingerprint density at radius 1 is 1.38 bits per heavy atom. The Morgan fingerprint density at radius 2 is 2.06 bits per heavy atom. The zero-order valence-corrected chi connectivity index (χ0v) is 9.09. The van der Waals surface area contributed by atoms with Crippen LogP contribution in [0.15, 0.2) is 30.3 Å². The van der Waals surface area contributed by atoms with E-state index < -0.39 is 6.10 Å². The maximum atomic E-state index is 11.0. The van der Waals surface area contributed by atoms with Gasteiger partial charge in [-0.05, 0) is 12.0 Å². The molecule has 0 saturated carbocycles. The molecule has 0 aliphatic rings. The van der Waals surface area contributed by atoms with E-state index in [9.17, 15) is 9.59 Å². The lowest BCUT2D eigenvalue weighted by molar-refractivity contribution is -0.143. The van der Waals surface area contributed by atoms with Crippen molar-refractivity contribution in [1.82, 2.24) is 0 Å². The molecular weight excluding hydrogens is 208 g/mol. The molecule has 0 saturated heterocycles. The van der Waals surface area contributed by atoms with Crippen molar-refractivity contribution in [2.24, 2.45) is 0 Å². The Bertz CT molecular complexity index is 334. The molecule has 1 unspecified atom stereocenters. The van der Waals surface area contributed by atoms with Gasteiger partial charge in [-0.3, -0.25) is 9.59 Å². The van der Waals surface area contributed by atoms with E-state index >= 15 is 0 Å². The van der Waals surface area contributed by atoms with Crippen LogP contribution in [0.25, 0.3) is 0 Å². The van der Waals surface area contributed by atoms with Crippen LogP contribution in [0.1, 0.15) is 24.5 Å². The van der Waals surface area contributed by atoms with E-state index in [0.29, 0.717) is 12.9 Å². The highest BCUT2D eigenvalue weighted by Gasteiger charge is 2.14. The average Bonchev–Trinajstić information content (AvgIpc) is 2.35. The average molecular weight is 222 g/mol. The molecule has 0 aliphatic heterocycles. The van der Waals surface area contributed by atoms with Crippen molar-refractivity contribution in [3.05, 3.63) is 35.9 Å². The molecule has 1 rings (SSSR count). The summed E-state index contributed by atoms with van der Waals surface area (Å²) < 4.78 is 9.47. The SMILES string of the molecule is COC(=O)CCC(OC=O)c1ccccc1. The smallest absolute Gasteiger partial charge is 0.305 e. The fourth-order valence-electron chi connectivity index (χ4n) is 1.40. The molecule has 1 aromatic carbocycles. The Kier molecular flexibility index (Phi) is 5.05. The molecule has 0 fully saturated rings. The van der Waals surface area contributed by atoms with Crippen molar-refractivity contribution >= 4 is 12.4 Å². The van der Waals surface area contributed by atoms with Crippen LogP contribution in [0.2, 0.25) is 0 Å². The van der Waals surface area contributed by atoms with Crippen LogP contribution < -0.4 is 0 Å². The van der Waals surface area contributed by atoms with E-state index in [1.165, 1.54) is 7.11 Å². The van der Waals surface area contributed by atoms with Crippen LogP contribution in [-0.4, -0.2) is 19.6 Å². The van der Waals surface area contributed by atoms with Crippen molar-refractivity contribution in [1.29, 1.82) is 0 Å². The van der Waals surface area contributed by atoms with Gasteiger partial charge in [0.2, 0.25) is 0 Å². The van der Waals surface area contributed by atoms with Gasteiger partial charge < -0.3 is 9.47 Å². The third kappa shape index (κ3) is 3.73. The number of ether oxygens (including phenoxy) is 2. The second-order valence-corrected chi connectivity index (χ2v) is 3.25. The van der Waals surface area contributed by atoms with E-state index in [1.54, 1.807) is 0 Å². The number of hydrogen-bond donors (Lipinski definition) is 0. The predicted molar refractivity (Wildman–Crippen MR) is 57.6 cm³/mol. The summed E-state index contributed by atoms with van der Waals surface area (Å²) in [7, 11) is 1.33. The molecule has 4 heteroatoms. The Labute approximate surface area is 94.2 Å². The second kappa shape index (κ2) is 6.61. The number of carbonyl (C=O) groups excluding carboxylic acids is 2. The number of methoxy groups -OCH3 is 1. The summed E-state index contributed by atoms with van der Waals surface area (Å²) in [6.07, 6.45) is 0.261. The molecule has 4 nitrogen and oxygen atoms in total. The van der Waals surface area contributed by atoms with Crippen LogP contribution in [0, 0.1) is 0 Å². The minimum Gasteiger partial charge on any atom is -0.469 e. The molecule has 0 heterocycles. The Balaban J connectivity index is 2.61. The number of benzene rings is 1. The number of carbonyl (C=O) groups is 2. The van der Waals surface area contributed by atoms with Crippen LogP contribution in [0.5, 0.6) is 0 Å². The van der Waals surface area contributed by atoms with Gasteiger partial charge in [-0.1, -0.05) is 30.3 Å². The minimum absolute atomic E-state index is 0.226. The third-order valence-corrected chi connectivity index (χ3v) is 2.23. The lowest BCUT2D eigenvalue weighted by Crippen LogP contribution is -2.08. The number of hydrogen-bond acceptors (Lipinski definition) is 4. The van der Waals surface area contributed by atoms with Gasteiger partial charge in [-0.2, -0.15) is 0 Å². The molecule has 0 spiro atoms. The summed E-state index contributed by atoms with van der Waals surface area (Å²) in [6, 6.07) is 9.29. The molecule has 0 N–H and O–H groups in total. The topological polar surface area (TPSA) is 52.6 Å². The summed E-state index contributed by atoms with van der Waals surface area (Å²) in [5.41, 5.74) is 0.874. The van der Waals surface area contributed by atoms with E-state index in [1.807, 2.05) is 30.3 Å². The van der Waals surface area contributed by atoms with Crippen molar-refractivity contribution in [3.63, 3.8) is 0 Å². The summed E-state index contributed by atoms with van der Waals surface area (Å²) in [4.78, 5) is 21.4. The summed E-state index contributed by atoms with van der Waals surface area (Å²) in [5.74, 6) is -0.310. The van der Waals surface area contributed by atoms with Crippen molar-refractivity contribution in [3.8, 4) is 0 Å². The zero-order valence-electron chi connectivity index (χ0n) is 9.09. The molecule has 0 amide bonds. The molecule has 86 valence electrons.